The Morgan fingerprint density at radius 1 is 1.88 bits per heavy atom. The number of carbonyl (C=O) groups excluding carboxylic acids is 1. The van der Waals surface area contributed by atoms with Crippen molar-refractivity contribution in [2.75, 3.05) is 0 Å². The van der Waals surface area contributed by atoms with E-state index in [0.717, 1.165) is 7.28 Å². The number of hydrogen-bond acceptors (Lipinski definition) is 3. The van der Waals surface area contributed by atoms with Crippen molar-refractivity contribution in [3.05, 3.63) is 0 Å². The summed E-state index contributed by atoms with van der Waals surface area (Å²) in [6.07, 6.45) is 0.360. The molecule has 0 rings (SSSR count). The highest BCUT2D eigenvalue weighted by Crippen LogP contribution is 1.69. The second-order valence-corrected chi connectivity index (χ2v) is 1.19. The highest BCUT2D eigenvalue weighted by Gasteiger charge is 2.10. The van der Waals surface area contributed by atoms with Crippen molar-refractivity contribution in [1.82, 2.24) is 0 Å². The van der Waals surface area contributed by atoms with Gasteiger partial charge in [0.25, 0.3) is 0 Å². The molecule has 0 aromatic heterocycles. The number of hydrogen-bond donors (Lipinski definition) is 2. The topological polar surface area (TPSA) is 80.4 Å². The summed E-state index contributed by atoms with van der Waals surface area (Å²) in [5, 5.41) is 8.00. The lowest BCUT2D eigenvalue weighted by Crippen LogP contribution is -2.36. The lowest BCUT2D eigenvalue weighted by Gasteiger charge is -1.94. The van der Waals surface area contributed by atoms with Crippen LogP contribution in [0, 0.1) is 0 Å². The summed E-state index contributed by atoms with van der Waals surface area (Å²) in [5.41, 5.74) is 4.84. The minimum atomic E-state index is -1.20. The predicted octanol–water partition coefficient (Wildman–Crippen LogP) is -1.75. The molecule has 1 atom stereocenters. The van der Waals surface area contributed by atoms with Crippen LogP contribution in [-0.4, -0.2) is 30.5 Å². The Balaban J connectivity index is 3.46. The van der Waals surface area contributed by atoms with E-state index < -0.39 is 11.9 Å². The Morgan fingerprint density at radius 2 is 2.38 bits per heavy atom. The van der Waals surface area contributed by atoms with E-state index in [1.54, 1.807) is 0 Å². The molecule has 0 spiro atoms. The third-order valence-electron chi connectivity index (χ3n) is 0.571. The lowest BCUT2D eigenvalue weighted by atomic mass is 9.72. The van der Waals surface area contributed by atoms with Gasteiger partial charge in [0.05, 0.1) is 12.1 Å². The van der Waals surface area contributed by atoms with Crippen LogP contribution >= 0.6 is 0 Å². The van der Waals surface area contributed by atoms with E-state index in [1.165, 1.54) is 0 Å². The summed E-state index contributed by atoms with van der Waals surface area (Å²) in [6.45, 7) is 0. The van der Waals surface area contributed by atoms with Gasteiger partial charge in [0, 0.05) is 0 Å². The van der Waals surface area contributed by atoms with Crippen molar-refractivity contribution in [2.45, 2.75) is 5.94 Å². The first-order valence-electron chi connectivity index (χ1n) is 1.95. The van der Waals surface area contributed by atoms with E-state index >= 15 is 0 Å². The van der Waals surface area contributed by atoms with Gasteiger partial charge in [-0.2, -0.15) is 0 Å². The fourth-order valence-electron chi connectivity index (χ4n) is 0.167. The van der Waals surface area contributed by atoms with Crippen molar-refractivity contribution in [3.63, 3.8) is 0 Å². The highest BCUT2D eigenvalue weighted by atomic mass is 16.4. The minimum Gasteiger partial charge on any atom is -0.481 e. The van der Waals surface area contributed by atoms with E-state index in [9.17, 15) is 9.59 Å². The molecule has 0 amide bonds. The molecule has 0 aromatic rings. The number of aliphatic carboxylic acids is 1. The van der Waals surface area contributed by atoms with Crippen LogP contribution in [0.25, 0.3) is 0 Å². The maximum absolute atomic E-state index is 9.77. The van der Waals surface area contributed by atoms with Crippen LogP contribution in [0.3, 0.4) is 0 Å². The monoisotopic (exact) mass is 114 g/mol. The third-order valence-corrected chi connectivity index (χ3v) is 0.571. The van der Waals surface area contributed by atoms with E-state index in [4.69, 9.17) is 10.8 Å². The molecule has 0 heterocycles. The van der Waals surface area contributed by atoms with Gasteiger partial charge in [-0.1, -0.05) is 0 Å². The second kappa shape index (κ2) is 3.20. The van der Waals surface area contributed by atoms with Gasteiger partial charge in [-0.3, -0.25) is 4.79 Å². The fourth-order valence-corrected chi connectivity index (χ4v) is 0.167. The fraction of sp³-hybridized carbons (Fsp3) is 0.333. The molecule has 0 aliphatic heterocycles. The van der Waals surface area contributed by atoms with Gasteiger partial charge in [0.15, 0.2) is 0 Å². The van der Waals surface area contributed by atoms with E-state index in [2.05, 4.69) is 0 Å². The van der Waals surface area contributed by atoms with Gasteiger partial charge >= 0.3 is 5.97 Å². The Kier molecular flexibility index (Phi) is 2.87. The summed E-state index contributed by atoms with van der Waals surface area (Å²) in [7, 11) is 0.863. The molecular weight excluding hydrogens is 109 g/mol. The zero-order valence-electron chi connectivity index (χ0n) is 4.07. The number of rotatable bonds is 3. The average Bonchev–Trinajstić information content (AvgIpc) is 1.67. The first-order valence-corrected chi connectivity index (χ1v) is 1.95. The molecule has 0 saturated carbocycles. The number of carboxylic acids is 1. The quantitative estimate of drug-likeness (QED) is 0.336. The van der Waals surface area contributed by atoms with Gasteiger partial charge in [0.1, 0.15) is 0 Å². The molecule has 0 bridgehead atoms. The van der Waals surface area contributed by atoms with E-state index in [-0.39, 0.29) is 0 Å². The molecule has 43 valence electrons. The molecule has 5 heteroatoms. The van der Waals surface area contributed by atoms with Gasteiger partial charge in [-0.05, 0) is 0 Å². The molecule has 4 nitrogen and oxygen atoms in total. The molecule has 3 N–H and O–H groups in total. The summed E-state index contributed by atoms with van der Waals surface area (Å²) < 4.78 is 0. The van der Waals surface area contributed by atoms with Crippen LogP contribution in [0.4, 0.5) is 0 Å². The van der Waals surface area contributed by atoms with Crippen LogP contribution in [0.15, 0.2) is 0 Å². The standard InChI is InChI=1S/C3H5BNO3/c5-2(3(7)8)4-1-6/h1-2H,5H2,(H,7,8). The third kappa shape index (κ3) is 2.36. The van der Waals surface area contributed by atoms with Crippen LogP contribution in [0.1, 0.15) is 0 Å². The zero-order valence-corrected chi connectivity index (χ0v) is 4.07. The maximum atomic E-state index is 9.77. The molecular formula is C3H5BNO3. The molecule has 0 aliphatic rings. The van der Waals surface area contributed by atoms with Gasteiger partial charge in [-0.15, -0.1) is 0 Å². The molecule has 8 heavy (non-hydrogen) atoms. The largest absolute Gasteiger partial charge is 0.481 e. The molecule has 0 saturated heterocycles. The lowest BCUT2D eigenvalue weighted by molar-refractivity contribution is -0.136. The maximum Gasteiger partial charge on any atom is 0.312 e. The Bertz CT molecular complexity index is 105. The zero-order chi connectivity index (χ0) is 6.57. The molecule has 0 aromatic carbocycles. The molecule has 0 fully saturated rings. The first kappa shape index (κ1) is 7.16. The summed E-state index contributed by atoms with van der Waals surface area (Å²) >= 11 is 0. The van der Waals surface area contributed by atoms with Crippen molar-refractivity contribution >= 4 is 19.4 Å². The van der Waals surface area contributed by atoms with Crippen LogP contribution < -0.4 is 5.73 Å². The van der Waals surface area contributed by atoms with Crippen molar-refractivity contribution in [3.8, 4) is 0 Å². The normalized spacial score (nSPS) is 12.1. The Morgan fingerprint density at radius 3 is 2.50 bits per heavy atom. The molecule has 1 unspecified atom stereocenters. The Hall–Kier alpha value is -0.835. The van der Waals surface area contributed by atoms with Crippen molar-refractivity contribution in [2.24, 2.45) is 5.73 Å². The van der Waals surface area contributed by atoms with E-state index in [0.29, 0.717) is 6.19 Å². The number of carboxylic acid groups (broad SMARTS) is 1. The first-order chi connectivity index (χ1) is 3.68. The predicted molar refractivity (Wildman–Crippen MR) is 28.1 cm³/mol. The molecule has 1 radical (unpaired) electrons. The second-order valence-electron chi connectivity index (χ2n) is 1.19. The van der Waals surface area contributed by atoms with Crippen molar-refractivity contribution in [1.29, 1.82) is 0 Å². The highest BCUT2D eigenvalue weighted by molar-refractivity contribution is 6.70. The summed E-state index contributed by atoms with van der Waals surface area (Å²) in [4.78, 5) is 19.3. The van der Waals surface area contributed by atoms with Crippen LogP contribution in [0.2, 0.25) is 0 Å². The smallest absolute Gasteiger partial charge is 0.312 e. The van der Waals surface area contributed by atoms with E-state index in [1.807, 2.05) is 0 Å². The van der Waals surface area contributed by atoms with Crippen molar-refractivity contribution < 1.29 is 14.7 Å². The number of carbonyl (C=O) groups is 2. The summed E-state index contributed by atoms with van der Waals surface area (Å²) in [5.74, 6) is -2.36. The molecule has 0 aliphatic carbocycles. The van der Waals surface area contributed by atoms with Gasteiger partial charge < -0.3 is 15.6 Å². The Labute approximate surface area is 46.9 Å². The SMILES string of the molecule is NC([B]C=O)C(=O)O. The number of nitrogens with two attached hydrogens (primary N) is 1. The minimum absolute atomic E-state index is 0.360. The van der Waals surface area contributed by atoms with Crippen LogP contribution in [-0.2, 0) is 9.59 Å². The average molecular weight is 114 g/mol. The van der Waals surface area contributed by atoms with Gasteiger partial charge in [0.2, 0.25) is 7.28 Å². The summed E-state index contributed by atoms with van der Waals surface area (Å²) in [6, 6.07) is 0. The van der Waals surface area contributed by atoms with Gasteiger partial charge in [-0.25, -0.2) is 0 Å². The van der Waals surface area contributed by atoms with Crippen LogP contribution in [0.5, 0.6) is 0 Å².